The summed E-state index contributed by atoms with van der Waals surface area (Å²) in [5, 5.41) is 9.13. The van der Waals surface area contributed by atoms with Crippen molar-refractivity contribution in [1.29, 1.82) is 0 Å². The van der Waals surface area contributed by atoms with Crippen LogP contribution in [0.25, 0.3) is 0 Å². The van der Waals surface area contributed by atoms with Crippen LogP contribution in [0.3, 0.4) is 0 Å². The second kappa shape index (κ2) is 4.13. The number of aromatic hydroxyl groups is 1. The Morgan fingerprint density at radius 3 is 2.57 bits per heavy atom. The molecule has 0 aliphatic carbocycles. The van der Waals surface area contributed by atoms with Crippen LogP contribution in [0.5, 0.6) is 5.75 Å². The third-order valence-electron chi connectivity index (χ3n) is 2.02. The van der Waals surface area contributed by atoms with E-state index in [2.05, 4.69) is 0 Å². The van der Waals surface area contributed by atoms with Gasteiger partial charge in [0.05, 0.1) is 5.66 Å². The molecule has 0 aromatic heterocycles. The monoisotopic (exact) mass is 216 g/mol. The Morgan fingerprint density at radius 2 is 2.07 bits per heavy atom. The summed E-state index contributed by atoms with van der Waals surface area (Å²) < 4.78 is 10.9. The van der Waals surface area contributed by atoms with E-state index >= 15 is 0 Å². The Kier molecular flexibility index (Phi) is 3.32. The number of hydrogen-bond acceptors (Lipinski definition) is 2. The predicted molar refractivity (Wildman–Crippen MR) is 53.3 cm³/mol. The first-order valence-electron chi connectivity index (χ1n) is 4.22. The van der Waals surface area contributed by atoms with Crippen LogP contribution in [0.1, 0.15) is 12.5 Å². The van der Waals surface area contributed by atoms with E-state index < -0.39 is 13.3 Å². The van der Waals surface area contributed by atoms with Gasteiger partial charge in [-0.2, -0.15) is 0 Å². The number of hydrogen-bond donors (Lipinski definition) is 3. The fraction of sp³-hybridized carbons (Fsp3) is 0.333. The Hall–Kier alpha value is -0.830. The van der Waals surface area contributed by atoms with E-state index in [0.29, 0.717) is 0 Å². The second-order valence-electron chi connectivity index (χ2n) is 3.31. The lowest BCUT2D eigenvalue weighted by atomic mass is 10.1. The Morgan fingerprint density at radius 1 is 1.43 bits per heavy atom. The first-order valence-corrected chi connectivity index (χ1v) is 5.91. The van der Waals surface area contributed by atoms with Crippen LogP contribution in [0, 0.1) is 0 Å². The molecule has 1 rings (SSSR count). The third-order valence-corrected chi connectivity index (χ3v) is 3.35. The Labute approximate surface area is 82.4 Å². The summed E-state index contributed by atoms with van der Waals surface area (Å²) in [4.78, 5) is 17.7. The van der Waals surface area contributed by atoms with Crippen molar-refractivity contribution in [2.24, 2.45) is 0 Å². The zero-order valence-electron chi connectivity index (χ0n) is 7.79. The van der Waals surface area contributed by atoms with Crippen molar-refractivity contribution in [2.75, 3.05) is 0 Å². The molecule has 3 N–H and O–H groups in total. The molecule has 4 nitrogen and oxygen atoms in total. The van der Waals surface area contributed by atoms with Gasteiger partial charge in [0.25, 0.3) is 0 Å². The molecule has 0 aliphatic rings. The van der Waals surface area contributed by atoms with Crippen LogP contribution >= 0.6 is 7.60 Å². The molecule has 0 heterocycles. The van der Waals surface area contributed by atoms with Gasteiger partial charge >= 0.3 is 7.60 Å². The summed E-state index contributed by atoms with van der Waals surface area (Å²) >= 11 is 0. The fourth-order valence-corrected chi connectivity index (χ4v) is 1.59. The molecule has 14 heavy (non-hydrogen) atoms. The van der Waals surface area contributed by atoms with E-state index in [1.807, 2.05) is 0 Å². The van der Waals surface area contributed by atoms with Gasteiger partial charge in [-0.15, -0.1) is 0 Å². The average Bonchev–Trinajstić information content (AvgIpc) is 2.02. The zero-order chi connectivity index (χ0) is 10.8. The lowest BCUT2D eigenvalue weighted by Gasteiger charge is -2.13. The molecule has 0 saturated heterocycles. The maximum atomic E-state index is 10.9. The van der Waals surface area contributed by atoms with Crippen LogP contribution in [-0.4, -0.2) is 20.6 Å². The van der Waals surface area contributed by atoms with Gasteiger partial charge in [-0.25, -0.2) is 0 Å². The molecule has 1 unspecified atom stereocenters. The summed E-state index contributed by atoms with van der Waals surface area (Å²) in [5.41, 5.74) is 0.00475. The van der Waals surface area contributed by atoms with Crippen molar-refractivity contribution in [1.82, 2.24) is 0 Å². The highest BCUT2D eigenvalue weighted by molar-refractivity contribution is 7.52. The zero-order valence-corrected chi connectivity index (χ0v) is 8.69. The molecule has 0 saturated carbocycles. The maximum Gasteiger partial charge on any atom is 0.328 e. The first-order chi connectivity index (χ1) is 6.39. The van der Waals surface area contributed by atoms with Gasteiger partial charge in [-0.05, 0) is 24.1 Å². The minimum absolute atomic E-state index is 0.111. The number of rotatable bonds is 3. The molecule has 5 heteroatoms. The molecule has 0 radical (unpaired) electrons. The van der Waals surface area contributed by atoms with Gasteiger partial charge < -0.3 is 14.9 Å². The van der Waals surface area contributed by atoms with Crippen molar-refractivity contribution in [3.8, 4) is 5.75 Å². The molecular formula is C9H13O4P. The highest BCUT2D eigenvalue weighted by Gasteiger charge is 2.23. The standard InChI is InChI=1S/C9H13O4P/c1-7(14(11,12)13)5-8-3-2-4-9(10)6-8/h2-4,6-7,10H,5H2,1H3,(H2,11,12,13). The SMILES string of the molecule is CC(Cc1cccc(O)c1)P(=O)(O)O. The van der Waals surface area contributed by atoms with Crippen LogP contribution in [0.15, 0.2) is 24.3 Å². The van der Waals surface area contributed by atoms with E-state index in [9.17, 15) is 4.57 Å². The summed E-state index contributed by atoms with van der Waals surface area (Å²) in [7, 11) is -4.02. The van der Waals surface area contributed by atoms with Gasteiger partial charge in [-0.1, -0.05) is 19.1 Å². The van der Waals surface area contributed by atoms with E-state index in [1.54, 1.807) is 12.1 Å². The quantitative estimate of drug-likeness (QED) is 0.669. The lowest BCUT2D eigenvalue weighted by Crippen LogP contribution is -2.06. The van der Waals surface area contributed by atoms with Crippen molar-refractivity contribution in [3.05, 3.63) is 29.8 Å². The minimum atomic E-state index is -4.02. The Balaban J connectivity index is 2.75. The van der Waals surface area contributed by atoms with Crippen molar-refractivity contribution in [3.63, 3.8) is 0 Å². The van der Waals surface area contributed by atoms with Gasteiger partial charge in [-0.3, -0.25) is 4.57 Å². The molecule has 78 valence electrons. The highest BCUT2D eigenvalue weighted by Crippen LogP contribution is 2.42. The molecule has 0 fully saturated rings. The third kappa shape index (κ3) is 3.14. The lowest BCUT2D eigenvalue weighted by molar-refractivity contribution is 0.360. The van der Waals surface area contributed by atoms with E-state index in [-0.39, 0.29) is 12.2 Å². The number of phenolic OH excluding ortho intramolecular Hbond substituents is 1. The van der Waals surface area contributed by atoms with Crippen LogP contribution in [0.4, 0.5) is 0 Å². The van der Waals surface area contributed by atoms with E-state index in [1.165, 1.54) is 19.1 Å². The maximum absolute atomic E-state index is 10.9. The molecule has 1 aromatic carbocycles. The van der Waals surface area contributed by atoms with Crippen LogP contribution in [-0.2, 0) is 11.0 Å². The molecule has 0 spiro atoms. The predicted octanol–water partition coefficient (Wildman–Crippen LogP) is 1.50. The number of benzene rings is 1. The molecule has 0 amide bonds. The minimum Gasteiger partial charge on any atom is -0.508 e. The molecular weight excluding hydrogens is 203 g/mol. The van der Waals surface area contributed by atoms with Gasteiger partial charge in [0.1, 0.15) is 5.75 Å². The smallest absolute Gasteiger partial charge is 0.328 e. The Bertz CT molecular complexity index is 358. The van der Waals surface area contributed by atoms with Gasteiger partial charge in [0.2, 0.25) is 0 Å². The topological polar surface area (TPSA) is 77.8 Å². The first kappa shape index (κ1) is 11.2. The average molecular weight is 216 g/mol. The van der Waals surface area contributed by atoms with Crippen molar-refractivity contribution in [2.45, 2.75) is 19.0 Å². The molecule has 0 bridgehead atoms. The number of phenols is 1. The molecule has 1 aromatic rings. The second-order valence-corrected chi connectivity index (χ2v) is 5.37. The normalized spacial score (nSPS) is 13.9. The molecule has 0 aliphatic heterocycles. The van der Waals surface area contributed by atoms with Crippen molar-refractivity contribution >= 4 is 7.60 Å². The summed E-state index contributed by atoms with van der Waals surface area (Å²) in [6.45, 7) is 1.49. The fourth-order valence-electron chi connectivity index (χ4n) is 1.14. The summed E-state index contributed by atoms with van der Waals surface area (Å²) in [6, 6.07) is 6.40. The van der Waals surface area contributed by atoms with E-state index in [0.717, 1.165) is 5.56 Å². The van der Waals surface area contributed by atoms with Crippen molar-refractivity contribution < 1.29 is 19.5 Å². The summed E-state index contributed by atoms with van der Waals surface area (Å²) in [6.07, 6.45) is 0.263. The molecule has 1 atom stereocenters. The largest absolute Gasteiger partial charge is 0.508 e. The van der Waals surface area contributed by atoms with Gasteiger partial charge in [0.15, 0.2) is 0 Å². The van der Waals surface area contributed by atoms with E-state index in [4.69, 9.17) is 14.9 Å². The highest BCUT2D eigenvalue weighted by atomic mass is 31.2. The van der Waals surface area contributed by atoms with Crippen LogP contribution < -0.4 is 0 Å². The van der Waals surface area contributed by atoms with Gasteiger partial charge in [0, 0.05) is 0 Å². The van der Waals surface area contributed by atoms with Crippen LogP contribution in [0.2, 0.25) is 0 Å². The summed E-state index contributed by atoms with van der Waals surface area (Å²) in [5.74, 6) is 0.111.